The zero-order valence-electron chi connectivity index (χ0n) is 18.0. The van der Waals surface area contributed by atoms with Crippen molar-refractivity contribution in [2.75, 3.05) is 18.1 Å². The third-order valence-corrected chi connectivity index (χ3v) is 8.41. The van der Waals surface area contributed by atoms with E-state index in [-0.39, 0.29) is 24.6 Å². The Kier molecular flexibility index (Phi) is 6.00. The van der Waals surface area contributed by atoms with Crippen LogP contribution in [0.2, 0.25) is 0 Å². The highest BCUT2D eigenvalue weighted by molar-refractivity contribution is 7.55. The van der Waals surface area contributed by atoms with Crippen molar-refractivity contribution in [3.63, 3.8) is 0 Å². The van der Waals surface area contributed by atoms with Crippen molar-refractivity contribution in [1.82, 2.24) is 0 Å². The standard InChI is InChI=1S/C22H22N3O7P/c1-3-31-33(30,32-4-2)22(15-9-6-5-7-10-15)19-18(14-23-22)20(26)24(21(19)27)16-11-8-12-17(13-16)25(28)29/h5-14,18-19H,3-4H2,1-2H3/t18-,19+,22+/m1/s1. The van der Waals surface area contributed by atoms with Crippen LogP contribution in [0.25, 0.3) is 0 Å². The van der Waals surface area contributed by atoms with Gasteiger partial charge in [-0.25, -0.2) is 4.90 Å². The summed E-state index contributed by atoms with van der Waals surface area (Å²) < 4.78 is 25.5. The fourth-order valence-corrected chi connectivity index (χ4v) is 6.88. The number of nitro groups is 1. The summed E-state index contributed by atoms with van der Waals surface area (Å²) in [5.41, 5.74) is 0.218. The Morgan fingerprint density at radius 2 is 1.73 bits per heavy atom. The van der Waals surface area contributed by atoms with E-state index in [1.54, 1.807) is 44.2 Å². The summed E-state index contributed by atoms with van der Waals surface area (Å²) in [6, 6.07) is 13.8. The molecular weight excluding hydrogens is 449 g/mol. The zero-order chi connectivity index (χ0) is 23.8. The van der Waals surface area contributed by atoms with Gasteiger partial charge < -0.3 is 9.05 Å². The van der Waals surface area contributed by atoms with E-state index in [0.29, 0.717) is 5.56 Å². The number of aliphatic imine (C=N–C) groups is 1. The summed E-state index contributed by atoms with van der Waals surface area (Å²) in [5, 5.41) is 9.45. The van der Waals surface area contributed by atoms with E-state index in [1.165, 1.54) is 24.4 Å². The van der Waals surface area contributed by atoms with Crippen LogP contribution >= 0.6 is 7.60 Å². The van der Waals surface area contributed by atoms with Crippen LogP contribution in [-0.2, 0) is 28.5 Å². The summed E-state index contributed by atoms with van der Waals surface area (Å²) in [7, 11) is -4.10. The van der Waals surface area contributed by atoms with E-state index < -0.39 is 41.4 Å². The highest BCUT2D eigenvalue weighted by Crippen LogP contribution is 2.72. The van der Waals surface area contributed by atoms with Crippen molar-refractivity contribution in [3.8, 4) is 0 Å². The lowest BCUT2D eigenvalue weighted by atomic mass is 9.87. The quantitative estimate of drug-likeness (QED) is 0.247. The molecule has 2 aromatic carbocycles. The Bertz CT molecular complexity index is 1180. The van der Waals surface area contributed by atoms with E-state index in [4.69, 9.17) is 9.05 Å². The number of imide groups is 1. The fourth-order valence-electron chi connectivity index (χ4n) is 4.45. The number of rotatable bonds is 8. The summed E-state index contributed by atoms with van der Waals surface area (Å²) >= 11 is 0. The maximum Gasteiger partial charge on any atom is 0.363 e. The predicted molar refractivity (Wildman–Crippen MR) is 120 cm³/mol. The molecule has 0 bridgehead atoms. The van der Waals surface area contributed by atoms with Crippen LogP contribution in [0.4, 0.5) is 11.4 Å². The Labute approximate surface area is 189 Å². The molecule has 0 N–H and O–H groups in total. The van der Waals surface area contributed by atoms with Crippen LogP contribution in [0.5, 0.6) is 0 Å². The highest BCUT2D eigenvalue weighted by atomic mass is 31.2. The molecule has 1 fully saturated rings. The van der Waals surface area contributed by atoms with Gasteiger partial charge in [0.2, 0.25) is 11.8 Å². The van der Waals surface area contributed by atoms with Crippen molar-refractivity contribution < 1.29 is 28.1 Å². The lowest BCUT2D eigenvalue weighted by molar-refractivity contribution is -0.384. The first kappa shape index (κ1) is 23.0. The summed E-state index contributed by atoms with van der Waals surface area (Å²) in [5.74, 6) is -3.50. The number of fused-ring (bicyclic) bond motifs is 1. The topological polar surface area (TPSA) is 128 Å². The van der Waals surface area contributed by atoms with Gasteiger partial charge in [-0.15, -0.1) is 0 Å². The molecule has 0 radical (unpaired) electrons. The second kappa shape index (κ2) is 8.62. The van der Waals surface area contributed by atoms with Crippen molar-refractivity contribution in [3.05, 3.63) is 70.3 Å². The number of anilines is 1. The minimum atomic E-state index is -4.10. The van der Waals surface area contributed by atoms with Gasteiger partial charge in [0.15, 0.2) is 5.28 Å². The maximum absolute atomic E-state index is 14.2. The average Bonchev–Trinajstić information content (AvgIpc) is 3.32. The number of hydrogen-bond donors (Lipinski definition) is 0. The molecule has 33 heavy (non-hydrogen) atoms. The van der Waals surface area contributed by atoms with Crippen LogP contribution in [0.3, 0.4) is 0 Å². The Morgan fingerprint density at radius 1 is 1.06 bits per heavy atom. The highest BCUT2D eigenvalue weighted by Gasteiger charge is 2.69. The maximum atomic E-state index is 14.2. The molecule has 0 aliphatic carbocycles. The third kappa shape index (κ3) is 3.42. The van der Waals surface area contributed by atoms with Crippen LogP contribution in [0.15, 0.2) is 59.6 Å². The second-order valence-electron chi connectivity index (χ2n) is 7.50. The zero-order valence-corrected chi connectivity index (χ0v) is 18.9. The summed E-state index contributed by atoms with van der Waals surface area (Å²) in [6.07, 6.45) is 1.32. The van der Waals surface area contributed by atoms with Crippen LogP contribution in [0.1, 0.15) is 19.4 Å². The number of carbonyl (C=O) groups excluding carboxylic acids is 2. The molecule has 2 aliphatic heterocycles. The monoisotopic (exact) mass is 471 g/mol. The lowest BCUT2D eigenvalue weighted by Crippen LogP contribution is -2.40. The first-order valence-corrected chi connectivity index (χ1v) is 12.0. The molecule has 11 heteroatoms. The number of hydrogen-bond acceptors (Lipinski definition) is 8. The largest absolute Gasteiger partial charge is 0.363 e. The van der Waals surface area contributed by atoms with Crippen molar-refractivity contribution in [2.24, 2.45) is 16.8 Å². The summed E-state index contributed by atoms with van der Waals surface area (Å²) in [6.45, 7) is 3.38. The molecule has 4 rings (SSSR count). The van der Waals surface area contributed by atoms with Crippen LogP contribution < -0.4 is 4.90 Å². The van der Waals surface area contributed by atoms with E-state index in [1.807, 2.05) is 0 Å². The Morgan fingerprint density at radius 3 is 2.33 bits per heavy atom. The number of non-ortho nitro benzene ring substituents is 1. The average molecular weight is 471 g/mol. The van der Waals surface area contributed by atoms with Gasteiger partial charge in [0, 0.05) is 18.3 Å². The van der Waals surface area contributed by atoms with Gasteiger partial charge in [-0.2, -0.15) is 0 Å². The molecule has 0 aromatic heterocycles. The molecule has 172 valence electrons. The minimum absolute atomic E-state index is 0.0372. The van der Waals surface area contributed by atoms with Gasteiger partial charge in [-0.3, -0.25) is 29.3 Å². The minimum Gasteiger partial charge on any atom is -0.307 e. The molecule has 2 amide bonds. The molecular formula is C22H22N3O7P. The molecule has 0 saturated carbocycles. The predicted octanol–water partition coefficient (Wildman–Crippen LogP) is 3.90. The normalized spacial score (nSPS) is 24.4. The summed E-state index contributed by atoms with van der Waals surface area (Å²) in [4.78, 5) is 43.1. The number of carbonyl (C=O) groups is 2. The van der Waals surface area contributed by atoms with E-state index in [9.17, 15) is 24.3 Å². The first-order valence-electron chi connectivity index (χ1n) is 10.4. The van der Waals surface area contributed by atoms with Gasteiger partial charge in [0.25, 0.3) is 5.69 Å². The van der Waals surface area contributed by atoms with Gasteiger partial charge in [0.05, 0.1) is 35.7 Å². The molecule has 3 atom stereocenters. The molecule has 1 saturated heterocycles. The fraction of sp³-hybridized carbons (Fsp3) is 0.318. The molecule has 2 aromatic rings. The number of nitro benzene ring substituents is 1. The van der Waals surface area contributed by atoms with Crippen LogP contribution in [0, 0.1) is 22.0 Å². The second-order valence-corrected chi connectivity index (χ2v) is 9.69. The van der Waals surface area contributed by atoms with Crippen LogP contribution in [-0.4, -0.2) is 36.2 Å². The van der Waals surface area contributed by atoms with Gasteiger partial charge >= 0.3 is 7.60 Å². The number of amides is 2. The number of benzene rings is 2. The SMILES string of the molecule is CCOP(=O)(OCC)[C@]1(c2ccccc2)N=C[C@H]2C(=O)N(c3cccc([N+](=O)[O-])c3)C(=O)[C@H]21. The molecule has 2 heterocycles. The van der Waals surface area contributed by atoms with E-state index in [0.717, 1.165) is 11.0 Å². The Hall–Kier alpha value is -3.20. The van der Waals surface area contributed by atoms with Gasteiger partial charge in [0.1, 0.15) is 0 Å². The number of nitrogens with zero attached hydrogens (tertiary/aromatic N) is 3. The van der Waals surface area contributed by atoms with Crippen molar-refractivity contribution in [2.45, 2.75) is 19.1 Å². The van der Waals surface area contributed by atoms with Crippen molar-refractivity contribution >= 4 is 37.0 Å². The van der Waals surface area contributed by atoms with E-state index >= 15 is 0 Å². The lowest BCUT2D eigenvalue weighted by Gasteiger charge is -2.37. The van der Waals surface area contributed by atoms with Gasteiger partial charge in [-0.1, -0.05) is 36.4 Å². The molecule has 10 nitrogen and oxygen atoms in total. The Balaban J connectivity index is 1.89. The third-order valence-electron chi connectivity index (χ3n) is 5.73. The van der Waals surface area contributed by atoms with Gasteiger partial charge in [-0.05, 0) is 25.5 Å². The first-order chi connectivity index (χ1) is 15.8. The molecule has 0 spiro atoms. The smallest absolute Gasteiger partial charge is 0.307 e. The molecule has 2 aliphatic rings. The molecule has 0 unspecified atom stereocenters. The van der Waals surface area contributed by atoms with Crippen molar-refractivity contribution in [1.29, 1.82) is 0 Å². The van der Waals surface area contributed by atoms with E-state index in [2.05, 4.69) is 4.99 Å².